The van der Waals surface area contributed by atoms with Crippen LogP contribution < -0.4 is 29.6 Å². The van der Waals surface area contributed by atoms with Gasteiger partial charge in [-0.25, -0.2) is 9.97 Å². The lowest BCUT2D eigenvalue weighted by Crippen LogP contribution is -2.03. The highest BCUT2D eigenvalue weighted by Gasteiger charge is 2.13. The van der Waals surface area contributed by atoms with E-state index >= 15 is 0 Å². The number of nitrogens with zero attached hydrogens (tertiary/aromatic N) is 2. The molecule has 8 heteroatoms. The van der Waals surface area contributed by atoms with Crippen LogP contribution >= 0.6 is 0 Å². The van der Waals surface area contributed by atoms with E-state index in [-0.39, 0.29) is 6.79 Å². The molecule has 144 valence electrons. The van der Waals surface area contributed by atoms with E-state index < -0.39 is 0 Å². The van der Waals surface area contributed by atoms with Gasteiger partial charge in [0.2, 0.25) is 6.79 Å². The summed E-state index contributed by atoms with van der Waals surface area (Å²) in [6.07, 6.45) is 1.50. The fourth-order valence-corrected chi connectivity index (χ4v) is 2.82. The Morgan fingerprint density at radius 1 is 0.929 bits per heavy atom. The molecule has 1 aliphatic rings. The molecule has 0 aliphatic carbocycles. The summed E-state index contributed by atoms with van der Waals surface area (Å²) in [6, 6.07) is 13.2. The fourth-order valence-electron chi connectivity index (χ4n) is 2.82. The summed E-state index contributed by atoms with van der Waals surface area (Å²) >= 11 is 0. The summed E-state index contributed by atoms with van der Waals surface area (Å²) in [5.74, 6) is 4.26. The van der Waals surface area contributed by atoms with E-state index in [9.17, 15) is 0 Å². The Balaban J connectivity index is 1.46. The number of methoxy groups -OCH3 is 2. The monoisotopic (exact) mass is 380 g/mol. The zero-order chi connectivity index (χ0) is 19.3. The highest BCUT2D eigenvalue weighted by atomic mass is 16.7. The van der Waals surface area contributed by atoms with Crippen LogP contribution in [0.3, 0.4) is 0 Å². The molecule has 3 aromatic rings. The van der Waals surface area contributed by atoms with Crippen molar-refractivity contribution in [2.75, 3.05) is 31.6 Å². The zero-order valence-electron chi connectivity index (χ0n) is 15.6. The van der Waals surface area contributed by atoms with Crippen LogP contribution in [0.1, 0.15) is 5.56 Å². The molecular formula is C20H20N4O4. The molecule has 4 rings (SSSR count). The van der Waals surface area contributed by atoms with Crippen LogP contribution in [0.15, 0.2) is 48.8 Å². The lowest BCUT2D eigenvalue weighted by Gasteiger charge is -2.13. The largest absolute Gasteiger partial charge is 0.497 e. The number of aromatic nitrogens is 2. The van der Waals surface area contributed by atoms with Crippen LogP contribution in [0, 0.1) is 0 Å². The van der Waals surface area contributed by atoms with E-state index in [4.69, 9.17) is 18.9 Å². The highest BCUT2D eigenvalue weighted by Crippen LogP contribution is 2.33. The highest BCUT2D eigenvalue weighted by molar-refractivity contribution is 5.67. The number of rotatable bonds is 7. The molecular weight excluding hydrogens is 360 g/mol. The van der Waals surface area contributed by atoms with Crippen molar-refractivity contribution >= 4 is 17.3 Å². The maximum Gasteiger partial charge on any atom is 0.231 e. The number of fused-ring (bicyclic) bond motifs is 1. The van der Waals surface area contributed by atoms with E-state index in [1.807, 2.05) is 42.5 Å². The predicted molar refractivity (Wildman–Crippen MR) is 105 cm³/mol. The molecule has 2 heterocycles. The number of benzene rings is 2. The Labute approximate surface area is 162 Å². The lowest BCUT2D eigenvalue weighted by molar-refractivity contribution is 0.174. The van der Waals surface area contributed by atoms with Gasteiger partial charge in [0, 0.05) is 18.7 Å². The first-order valence-corrected chi connectivity index (χ1v) is 8.68. The minimum Gasteiger partial charge on any atom is -0.497 e. The Kier molecular flexibility index (Phi) is 5.01. The Bertz CT molecular complexity index is 980. The standard InChI is InChI=1S/C20H20N4O4/c1-25-14-4-6-16(26-2)15(8-14)24-20-9-19(22-11-23-20)21-10-13-3-5-17-18(7-13)28-12-27-17/h3-9,11H,10,12H2,1-2H3,(H2,21,22,23,24). The average Bonchev–Trinajstić information content (AvgIpc) is 3.20. The van der Waals surface area contributed by atoms with E-state index in [2.05, 4.69) is 20.6 Å². The molecule has 2 aromatic carbocycles. The maximum atomic E-state index is 5.41. The second-order valence-electron chi connectivity index (χ2n) is 6.02. The van der Waals surface area contributed by atoms with Crippen LogP contribution in [-0.2, 0) is 6.54 Å². The first kappa shape index (κ1) is 17.7. The van der Waals surface area contributed by atoms with Crippen molar-refractivity contribution in [3.05, 3.63) is 54.4 Å². The zero-order valence-corrected chi connectivity index (χ0v) is 15.6. The molecule has 0 saturated heterocycles. The molecule has 0 amide bonds. The van der Waals surface area contributed by atoms with Gasteiger partial charge in [0.15, 0.2) is 11.5 Å². The van der Waals surface area contributed by atoms with Crippen molar-refractivity contribution in [2.45, 2.75) is 6.54 Å². The minimum atomic E-state index is 0.265. The molecule has 0 fully saturated rings. The van der Waals surface area contributed by atoms with Gasteiger partial charge in [0.1, 0.15) is 29.5 Å². The van der Waals surface area contributed by atoms with E-state index in [0.29, 0.717) is 23.9 Å². The predicted octanol–water partition coefficient (Wildman–Crippen LogP) is 3.58. The van der Waals surface area contributed by atoms with Crippen molar-refractivity contribution in [2.24, 2.45) is 0 Å². The van der Waals surface area contributed by atoms with E-state index in [1.54, 1.807) is 14.2 Å². The number of ether oxygens (including phenoxy) is 4. The van der Waals surface area contributed by atoms with Gasteiger partial charge in [0.05, 0.1) is 19.9 Å². The molecule has 0 saturated carbocycles. The molecule has 1 aliphatic heterocycles. The molecule has 0 radical (unpaired) electrons. The minimum absolute atomic E-state index is 0.265. The summed E-state index contributed by atoms with van der Waals surface area (Å²) in [7, 11) is 3.24. The number of hydrogen-bond donors (Lipinski definition) is 2. The van der Waals surface area contributed by atoms with Crippen molar-refractivity contribution in [1.29, 1.82) is 0 Å². The van der Waals surface area contributed by atoms with E-state index in [0.717, 1.165) is 28.5 Å². The molecule has 0 spiro atoms. The smallest absolute Gasteiger partial charge is 0.231 e. The average molecular weight is 380 g/mol. The van der Waals surface area contributed by atoms with Crippen molar-refractivity contribution in [3.8, 4) is 23.0 Å². The SMILES string of the molecule is COc1ccc(OC)c(Nc2cc(NCc3ccc4c(c3)OCO4)ncn2)c1. The van der Waals surface area contributed by atoms with Gasteiger partial charge in [-0.15, -0.1) is 0 Å². The van der Waals surface area contributed by atoms with Gasteiger partial charge < -0.3 is 29.6 Å². The number of anilines is 3. The molecule has 8 nitrogen and oxygen atoms in total. The summed E-state index contributed by atoms with van der Waals surface area (Å²) in [4.78, 5) is 8.54. The molecule has 2 N–H and O–H groups in total. The third-order valence-electron chi connectivity index (χ3n) is 4.25. The van der Waals surface area contributed by atoms with Gasteiger partial charge in [-0.3, -0.25) is 0 Å². The van der Waals surface area contributed by atoms with Crippen molar-refractivity contribution in [3.63, 3.8) is 0 Å². The fraction of sp³-hybridized carbons (Fsp3) is 0.200. The number of nitrogens with one attached hydrogen (secondary N) is 2. The third kappa shape index (κ3) is 3.85. The second-order valence-corrected chi connectivity index (χ2v) is 6.02. The summed E-state index contributed by atoms with van der Waals surface area (Å²) in [5.41, 5.74) is 1.81. The van der Waals surface area contributed by atoms with Crippen LogP contribution in [0.5, 0.6) is 23.0 Å². The molecule has 0 bridgehead atoms. The molecule has 1 aromatic heterocycles. The summed E-state index contributed by atoms with van der Waals surface area (Å²) < 4.78 is 21.4. The van der Waals surface area contributed by atoms with E-state index in [1.165, 1.54) is 6.33 Å². The van der Waals surface area contributed by atoms with Crippen LogP contribution in [0.25, 0.3) is 0 Å². The van der Waals surface area contributed by atoms with Gasteiger partial charge in [0.25, 0.3) is 0 Å². The first-order chi connectivity index (χ1) is 13.7. The quantitative estimate of drug-likeness (QED) is 0.643. The molecule has 0 unspecified atom stereocenters. The Hall–Kier alpha value is -3.68. The van der Waals surface area contributed by atoms with Crippen LogP contribution in [-0.4, -0.2) is 31.0 Å². The molecule has 0 atom stereocenters. The number of hydrogen-bond acceptors (Lipinski definition) is 8. The van der Waals surface area contributed by atoms with Gasteiger partial charge in [-0.2, -0.15) is 0 Å². The molecule has 28 heavy (non-hydrogen) atoms. The Morgan fingerprint density at radius 2 is 1.79 bits per heavy atom. The third-order valence-corrected chi connectivity index (χ3v) is 4.25. The first-order valence-electron chi connectivity index (χ1n) is 8.68. The maximum absolute atomic E-state index is 5.41. The van der Waals surface area contributed by atoms with Crippen LogP contribution in [0.2, 0.25) is 0 Å². The summed E-state index contributed by atoms with van der Waals surface area (Å²) in [6.45, 7) is 0.858. The van der Waals surface area contributed by atoms with Crippen LogP contribution in [0.4, 0.5) is 17.3 Å². The van der Waals surface area contributed by atoms with Gasteiger partial charge in [-0.1, -0.05) is 6.07 Å². The summed E-state index contributed by atoms with van der Waals surface area (Å²) in [5, 5.41) is 6.52. The van der Waals surface area contributed by atoms with Gasteiger partial charge in [-0.05, 0) is 29.8 Å². The van der Waals surface area contributed by atoms with Gasteiger partial charge >= 0.3 is 0 Å². The second kappa shape index (κ2) is 7.91. The Morgan fingerprint density at radius 3 is 2.64 bits per heavy atom. The topological polar surface area (TPSA) is 86.8 Å². The van der Waals surface area contributed by atoms with Crippen molar-refractivity contribution < 1.29 is 18.9 Å². The normalized spacial score (nSPS) is 11.8. The lowest BCUT2D eigenvalue weighted by atomic mass is 10.2. The van der Waals surface area contributed by atoms with Crippen molar-refractivity contribution in [1.82, 2.24) is 9.97 Å².